The summed E-state index contributed by atoms with van der Waals surface area (Å²) in [5.74, 6) is -0.858. The van der Waals surface area contributed by atoms with Gasteiger partial charge in [0.1, 0.15) is 0 Å². The summed E-state index contributed by atoms with van der Waals surface area (Å²) in [5.41, 5.74) is 0.375. The smallest absolute Gasteiger partial charge is 0.163 e. The molecule has 1 aromatic carbocycles. The first-order chi connectivity index (χ1) is 9.79. The van der Waals surface area contributed by atoms with Crippen LogP contribution >= 0.6 is 0 Å². The fourth-order valence-electron chi connectivity index (χ4n) is 2.97. The van der Waals surface area contributed by atoms with Crippen LogP contribution in [0.15, 0.2) is 18.2 Å². The molecule has 0 saturated carbocycles. The van der Waals surface area contributed by atoms with E-state index in [1.807, 2.05) is 0 Å². The number of hydrogen-bond donors (Lipinski definition) is 1. The lowest BCUT2D eigenvalue weighted by molar-refractivity contribution is 0.0524. The predicted octanol–water partition coefficient (Wildman–Crippen LogP) is 3.56. The van der Waals surface area contributed by atoms with Crippen LogP contribution in [0.25, 0.3) is 0 Å². The lowest BCUT2D eigenvalue weighted by Gasteiger charge is -2.46. The van der Waals surface area contributed by atoms with E-state index in [4.69, 9.17) is 0 Å². The first-order valence-corrected chi connectivity index (χ1v) is 7.71. The van der Waals surface area contributed by atoms with Gasteiger partial charge in [0.15, 0.2) is 11.6 Å². The Morgan fingerprint density at radius 2 is 2.05 bits per heavy atom. The fourth-order valence-corrected chi connectivity index (χ4v) is 2.97. The van der Waals surface area contributed by atoms with Crippen molar-refractivity contribution in [3.63, 3.8) is 0 Å². The molecule has 0 aromatic heterocycles. The molecule has 0 aliphatic carbocycles. The number of hydrogen-bond acceptors (Lipinski definition) is 2. The van der Waals surface area contributed by atoms with Crippen molar-refractivity contribution in [2.45, 2.75) is 52.2 Å². The van der Waals surface area contributed by atoms with E-state index in [0.29, 0.717) is 24.1 Å². The molecule has 1 unspecified atom stereocenters. The second kappa shape index (κ2) is 6.41. The highest BCUT2D eigenvalue weighted by molar-refractivity contribution is 5.19. The molecule has 0 amide bonds. The topological polar surface area (TPSA) is 15.3 Å². The standard InChI is InChI=1S/C17H26F2N2/c1-12(2)8-14-10-21(17(3,4)11-20-14)9-13-6-5-7-15(18)16(13)19/h5-7,12,14,20H,8-11H2,1-4H3. The van der Waals surface area contributed by atoms with Gasteiger partial charge in [0.05, 0.1) is 0 Å². The summed E-state index contributed by atoms with van der Waals surface area (Å²) in [7, 11) is 0. The van der Waals surface area contributed by atoms with E-state index in [2.05, 4.69) is 37.9 Å². The second-order valence-corrected chi connectivity index (χ2v) is 7.11. The lowest BCUT2D eigenvalue weighted by Crippen LogP contribution is -2.61. The molecule has 1 aliphatic rings. The third-order valence-corrected chi connectivity index (χ3v) is 4.27. The number of halogens is 2. The molecule has 1 aromatic rings. The Bertz CT molecular complexity index is 486. The molecule has 1 atom stereocenters. The molecule has 0 radical (unpaired) electrons. The summed E-state index contributed by atoms with van der Waals surface area (Å²) in [6.45, 7) is 10.9. The van der Waals surface area contributed by atoms with Gasteiger partial charge in [-0.05, 0) is 32.3 Å². The van der Waals surface area contributed by atoms with Gasteiger partial charge in [-0.2, -0.15) is 0 Å². The summed E-state index contributed by atoms with van der Waals surface area (Å²) in [4.78, 5) is 2.26. The van der Waals surface area contributed by atoms with E-state index in [1.54, 1.807) is 12.1 Å². The number of benzene rings is 1. The van der Waals surface area contributed by atoms with Gasteiger partial charge in [-0.1, -0.05) is 26.0 Å². The summed E-state index contributed by atoms with van der Waals surface area (Å²) in [6, 6.07) is 4.83. The van der Waals surface area contributed by atoms with E-state index >= 15 is 0 Å². The molecule has 1 aliphatic heterocycles. The van der Waals surface area contributed by atoms with Crippen LogP contribution in [0.5, 0.6) is 0 Å². The molecule has 1 N–H and O–H groups in total. The van der Waals surface area contributed by atoms with Crippen LogP contribution in [0.1, 0.15) is 39.7 Å². The Hall–Kier alpha value is -1.00. The Morgan fingerprint density at radius 3 is 2.71 bits per heavy atom. The minimum atomic E-state index is -0.765. The van der Waals surface area contributed by atoms with Gasteiger partial charge in [0.25, 0.3) is 0 Å². The van der Waals surface area contributed by atoms with Gasteiger partial charge in [-0.3, -0.25) is 4.90 Å². The highest BCUT2D eigenvalue weighted by Gasteiger charge is 2.34. The normalized spacial score (nSPS) is 22.7. The third kappa shape index (κ3) is 4.01. The Balaban J connectivity index is 2.13. The highest BCUT2D eigenvalue weighted by Crippen LogP contribution is 2.25. The summed E-state index contributed by atoms with van der Waals surface area (Å²) >= 11 is 0. The molecule has 1 fully saturated rings. The third-order valence-electron chi connectivity index (χ3n) is 4.27. The lowest BCUT2D eigenvalue weighted by atomic mass is 9.93. The van der Waals surface area contributed by atoms with Crippen molar-refractivity contribution in [3.8, 4) is 0 Å². The first-order valence-electron chi connectivity index (χ1n) is 7.71. The number of rotatable bonds is 4. The molecule has 0 bridgehead atoms. The molecule has 1 saturated heterocycles. The van der Waals surface area contributed by atoms with Crippen LogP contribution in [0.2, 0.25) is 0 Å². The number of nitrogens with one attached hydrogen (secondary N) is 1. The Kier molecular flexibility index (Phi) is 4.99. The molecule has 1 heterocycles. The SMILES string of the molecule is CC(C)CC1CN(Cc2cccc(F)c2F)C(C)(C)CN1. The van der Waals surface area contributed by atoms with Gasteiger partial charge in [0.2, 0.25) is 0 Å². The zero-order valence-corrected chi connectivity index (χ0v) is 13.4. The Labute approximate surface area is 126 Å². The van der Waals surface area contributed by atoms with Gasteiger partial charge >= 0.3 is 0 Å². The number of piperazine rings is 1. The average Bonchev–Trinajstić information content (AvgIpc) is 2.38. The van der Waals surface area contributed by atoms with Crippen LogP contribution in [0.3, 0.4) is 0 Å². The predicted molar refractivity (Wildman–Crippen MR) is 82.1 cm³/mol. The zero-order valence-electron chi connectivity index (χ0n) is 13.4. The van der Waals surface area contributed by atoms with Crippen molar-refractivity contribution >= 4 is 0 Å². The van der Waals surface area contributed by atoms with Crippen molar-refractivity contribution in [1.29, 1.82) is 0 Å². The maximum atomic E-state index is 13.9. The van der Waals surface area contributed by atoms with Crippen molar-refractivity contribution < 1.29 is 8.78 Å². The van der Waals surface area contributed by atoms with Crippen molar-refractivity contribution in [2.24, 2.45) is 5.92 Å². The fraction of sp³-hybridized carbons (Fsp3) is 0.647. The summed E-state index contributed by atoms with van der Waals surface area (Å²) in [6.07, 6.45) is 1.10. The van der Waals surface area contributed by atoms with Crippen molar-refractivity contribution in [2.75, 3.05) is 13.1 Å². The first kappa shape index (κ1) is 16.4. The van der Waals surface area contributed by atoms with E-state index in [1.165, 1.54) is 6.07 Å². The van der Waals surface area contributed by atoms with Crippen LogP contribution in [0, 0.1) is 17.6 Å². The summed E-state index contributed by atoms with van der Waals surface area (Å²) < 4.78 is 27.3. The Morgan fingerprint density at radius 1 is 1.33 bits per heavy atom. The molecular formula is C17H26F2N2. The highest BCUT2D eigenvalue weighted by atomic mass is 19.2. The van der Waals surface area contributed by atoms with Crippen LogP contribution < -0.4 is 5.32 Å². The molecule has 118 valence electrons. The molecule has 2 nitrogen and oxygen atoms in total. The molecule has 21 heavy (non-hydrogen) atoms. The quantitative estimate of drug-likeness (QED) is 0.914. The monoisotopic (exact) mass is 296 g/mol. The maximum absolute atomic E-state index is 13.9. The minimum Gasteiger partial charge on any atom is -0.311 e. The van der Waals surface area contributed by atoms with Gasteiger partial charge < -0.3 is 5.32 Å². The molecule has 2 rings (SSSR count). The van der Waals surface area contributed by atoms with E-state index in [9.17, 15) is 8.78 Å². The average molecular weight is 296 g/mol. The molecule has 4 heteroatoms. The zero-order chi connectivity index (χ0) is 15.6. The largest absolute Gasteiger partial charge is 0.311 e. The van der Waals surface area contributed by atoms with Crippen LogP contribution in [-0.4, -0.2) is 29.6 Å². The number of nitrogens with zero attached hydrogens (tertiary/aromatic N) is 1. The minimum absolute atomic E-state index is 0.0633. The second-order valence-electron chi connectivity index (χ2n) is 7.11. The van der Waals surface area contributed by atoms with Gasteiger partial charge in [0, 0.05) is 36.8 Å². The van der Waals surface area contributed by atoms with E-state index in [-0.39, 0.29) is 5.54 Å². The van der Waals surface area contributed by atoms with Crippen LogP contribution in [-0.2, 0) is 6.54 Å². The van der Waals surface area contributed by atoms with Crippen molar-refractivity contribution in [1.82, 2.24) is 10.2 Å². The molecule has 0 spiro atoms. The van der Waals surface area contributed by atoms with E-state index < -0.39 is 11.6 Å². The van der Waals surface area contributed by atoms with Gasteiger partial charge in [-0.25, -0.2) is 8.78 Å². The van der Waals surface area contributed by atoms with Crippen LogP contribution in [0.4, 0.5) is 8.78 Å². The van der Waals surface area contributed by atoms with E-state index in [0.717, 1.165) is 19.5 Å². The summed E-state index contributed by atoms with van der Waals surface area (Å²) in [5, 5.41) is 3.57. The maximum Gasteiger partial charge on any atom is 0.163 e. The van der Waals surface area contributed by atoms with Gasteiger partial charge in [-0.15, -0.1) is 0 Å². The molecular weight excluding hydrogens is 270 g/mol. The van der Waals surface area contributed by atoms with Crippen molar-refractivity contribution in [3.05, 3.63) is 35.4 Å².